The Hall–Kier alpha value is -1.58. The number of carbonyl (C=O) groups is 2. The first-order chi connectivity index (χ1) is 6.27. The lowest BCUT2D eigenvalue weighted by atomic mass is 10.1. The van der Waals surface area contributed by atoms with E-state index in [2.05, 4.69) is 0 Å². The van der Waals surface area contributed by atoms with Gasteiger partial charge in [0, 0.05) is 12.4 Å². The molecule has 0 fully saturated rings. The minimum absolute atomic E-state index is 0.462. The van der Waals surface area contributed by atoms with E-state index in [1.165, 1.54) is 4.73 Å². The highest BCUT2D eigenvalue weighted by Gasteiger charge is 2.17. The highest BCUT2D eigenvalue weighted by molar-refractivity contribution is 5.87. The molecule has 1 rings (SSSR count). The summed E-state index contributed by atoms with van der Waals surface area (Å²) in [5.41, 5.74) is 0. The van der Waals surface area contributed by atoms with Crippen LogP contribution in [0.15, 0.2) is 24.5 Å². The number of carbonyl (C=O) groups excluding carboxylic acids is 2. The van der Waals surface area contributed by atoms with Crippen LogP contribution < -0.4 is 4.84 Å². The van der Waals surface area contributed by atoms with Gasteiger partial charge in [-0.2, -0.15) is 4.73 Å². The van der Waals surface area contributed by atoms with Crippen LogP contribution in [0.4, 0.5) is 0 Å². The van der Waals surface area contributed by atoms with Crippen molar-refractivity contribution in [3.63, 3.8) is 0 Å². The van der Waals surface area contributed by atoms with Gasteiger partial charge < -0.3 is 9.63 Å². The summed E-state index contributed by atoms with van der Waals surface area (Å²) in [7, 11) is 0. The van der Waals surface area contributed by atoms with Crippen LogP contribution in [0, 0.1) is 5.92 Å². The molecule has 0 aliphatic heterocycles. The fourth-order valence-electron chi connectivity index (χ4n) is 0.870. The van der Waals surface area contributed by atoms with Gasteiger partial charge in [0.15, 0.2) is 0 Å². The molecule has 0 radical (unpaired) electrons. The Morgan fingerprint density at radius 3 is 2.62 bits per heavy atom. The first kappa shape index (κ1) is 9.51. The zero-order valence-electron chi connectivity index (χ0n) is 7.34. The molecule has 0 saturated carbocycles. The second-order valence-corrected chi connectivity index (χ2v) is 2.60. The Balaban J connectivity index is 2.54. The minimum atomic E-state index is -0.664. The summed E-state index contributed by atoms with van der Waals surface area (Å²) >= 11 is 0. The lowest BCUT2D eigenvalue weighted by Crippen LogP contribution is -2.26. The number of hydrogen-bond acceptors (Lipinski definition) is 3. The maximum Gasteiger partial charge on any atom is 0.342 e. The van der Waals surface area contributed by atoms with Gasteiger partial charge in [0.25, 0.3) is 0 Å². The van der Waals surface area contributed by atoms with Crippen LogP contribution in [-0.2, 0) is 9.59 Å². The van der Waals surface area contributed by atoms with Crippen molar-refractivity contribution in [3.8, 4) is 0 Å². The van der Waals surface area contributed by atoms with Crippen LogP contribution in [0.5, 0.6) is 0 Å². The summed E-state index contributed by atoms with van der Waals surface area (Å²) in [6.07, 6.45) is 4.25. The predicted octanol–water partition coefficient (Wildman–Crippen LogP) is 0.668. The molecule has 4 nitrogen and oxygen atoms in total. The maximum absolute atomic E-state index is 11.2. The van der Waals surface area contributed by atoms with Gasteiger partial charge >= 0.3 is 5.97 Å². The van der Waals surface area contributed by atoms with E-state index in [0.29, 0.717) is 12.7 Å². The van der Waals surface area contributed by atoms with Crippen LogP contribution >= 0.6 is 0 Å². The number of rotatable bonds is 4. The molecule has 0 aliphatic rings. The molecule has 70 valence electrons. The Morgan fingerprint density at radius 1 is 1.54 bits per heavy atom. The topological polar surface area (TPSA) is 48.3 Å². The van der Waals surface area contributed by atoms with E-state index in [9.17, 15) is 9.59 Å². The normalized spacial score (nSPS) is 12.1. The van der Waals surface area contributed by atoms with Gasteiger partial charge in [-0.3, -0.25) is 0 Å². The van der Waals surface area contributed by atoms with Crippen molar-refractivity contribution < 1.29 is 14.4 Å². The smallest absolute Gasteiger partial charge is 0.336 e. The van der Waals surface area contributed by atoms with Crippen LogP contribution in [0.2, 0.25) is 0 Å². The highest BCUT2D eigenvalue weighted by Crippen LogP contribution is 1.99. The molecule has 1 aromatic heterocycles. The van der Waals surface area contributed by atoms with Crippen molar-refractivity contribution in [2.24, 2.45) is 5.92 Å². The third-order valence-electron chi connectivity index (χ3n) is 1.68. The Kier molecular flexibility index (Phi) is 3.25. The molecule has 0 aromatic carbocycles. The van der Waals surface area contributed by atoms with E-state index in [0.717, 1.165) is 0 Å². The van der Waals surface area contributed by atoms with Crippen LogP contribution in [0.1, 0.15) is 13.3 Å². The standard InChI is InChI=1S/C9H11NO3/c1-2-8(7-11)9(12)13-10-5-3-4-6-10/h3-8H,2H2,1H3. The van der Waals surface area contributed by atoms with Crippen molar-refractivity contribution in [1.82, 2.24) is 4.73 Å². The summed E-state index contributed by atoms with van der Waals surface area (Å²) in [6, 6.07) is 3.46. The molecule has 1 unspecified atom stereocenters. The lowest BCUT2D eigenvalue weighted by Gasteiger charge is -2.07. The average Bonchev–Trinajstić information content (AvgIpc) is 2.59. The van der Waals surface area contributed by atoms with Crippen molar-refractivity contribution >= 4 is 12.3 Å². The maximum atomic E-state index is 11.2. The summed E-state index contributed by atoms with van der Waals surface area (Å²) in [6.45, 7) is 1.76. The van der Waals surface area contributed by atoms with Crippen molar-refractivity contribution in [2.45, 2.75) is 13.3 Å². The van der Waals surface area contributed by atoms with E-state index in [1.54, 1.807) is 31.5 Å². The quantitative estimate of drug-likeness (QED) is 0.506. The van der Waals surface area contributed by atoms with Gasteiger partial charge in [-0.15, -0.1) is 0 Å². The molecule has 0 N–H and O–H groups in total. The first-order valence-corrected chi connectivity index (χ1v) is 4.08. The van der Waals surface area contributed by atoms with E-state index in [-0.39, 0.29) is 0 Å². The van der Waals surface area contributed by atoms with Gasteiger partial charge in [0.2, 0.25) is 0 Å². The molecule has 0 amide bonds. The van der Waals surface area contributed by atoms with E-state index in [1.807, 2.05) is 0 Å². The summed E-state index contributed by atoms with van der Waals surface area (Å²) in [5.74, 6) is -1.18. The first-order valence-electron chi connectivity index (χ1n) is 4.08. The molecule has 0 saturated heterocycles. The predicted molar refractivity (Wildman–Crippen MR) is 45.9 cm³/mol. The highest BCUT2D eigenvalue weighted by atomic mass is 16.7. The largest absolute Gasteiger partial charge is 0.342 e. The third-order valence-corrected chi connectivity index (χ3v) is 1.68. The fourth-order valence-corrected chi connectivity index (χ4v) is 0.870. The number of aldehydes is 1. The molecular formula is C9H11NO3. The third kappa shape index (κ3) is 2.43. The van der Waals surface area contributed by atoms with Gasteiger partial charge in [-0.05, 0) is 18.6 Å². The fraction of sp³-hybridized carbons (Fsp3) is 0.333. The number of hydrogen-bond donors (Lipinski definition) is 0. The van der Waals surface area contributed by atoms with E-state index < -0.39 is 11.9 Å². The van der Waals surface area contributed by atoms with Gasteiger partial charge in [0.05, 0.1) is 0 Å². The molecule has 4 heteroatoms. The van der Waals surface area contributed by atoms with Crippen LogP contribution in [0.25, 0.3) is 0 Å². The van der Waals surface area contributed by atoms with Crippen LogP contribution in [-0.4, -0.2) is 17.0 Å². The zero-order valence-corrected chi connectivity index (χ0v) is 7.34. The summed E-state index contributed by atoms with van der Waals surface area (Å²) < 4.78 is 1.27. The van der Waals surface area contributed by atoms with Crippen molar-refractivity contribution in [1.29, 1.82) is 0 Å². The van der Waals surface area contributed by atoms with Gasteiger partial charge in [0.1, 0.15) is 12.2 Å². The van der Waals surface area contributed by atoms with Crippen LogP contribution in [0.3, 0.4) is 0 Å². The Labute approximate surface area is 76.1 Å². The molecule has 1 atom stereocenters. The van der Waals surface area contributed by atoms with Crippen molar-refractivity contribution in [2.75, 3.05) is 0 Å². The minimum Gasteiger partial charge on any atom is -0.336 e. The molecule has 1 aromatic rings. The Bertz CT molecular complexity index is 279. The second-order valence-electron chi connectivity index (χ2n) is 2.60. The molecular weight excluding hydrogens is 170 g/mol. The van der Waals surface area contributed by atoms with Gasteiger partial charge in [-0.25, -0.2) is 4.79 Å². The molecule has 1 heterocycles. The van der Waals surface area contributed by atoms with E-state index >= 15 is 0 Å². The summed E-state index contributed by atoms with van der Waals surface area (Å²) in [4.78, 5) is 26.4. The van der Waals surface area contributed by atoms with E-state index in [4.69, 9.17) is 4.84 Å². The molecule has 13 heavy (non-hydrogen) atoms. The Morgan fingerprint density at radius 2 is 2.15 bits per heavy atom. The SMILES string of the molecule is CCC(C=O)C(=O)On1cccc1. The summed E-state index contributed by atoms with van der Waals surface area (Å²) in [5, 5.41) is 0. The number of aromatic nitrogens is 1. The zero-order chi connectivity index (χ0) is 9.68. The lowest BCUT2D eigenvalue weighted by molar-refractivity contribution is -0.150. The van der Waals surface area contributed by atoms with Gasteiger partial charge in [-0.1, -0.05) is 6.92 Å². The average molecular weight is 181 g/mol. The second kappa shape index (κ2) is 4.45. The molecule has 0 spiro atoms. The number of nitrogens with zero attached hydrogens (tertiary/aromatic N) is 1. The molecule has 0 aliphatic carbocycles. The molecule has 0 bridgehead atoms. The van der Waals surface area contributed by atoms with Crippen molar-refractivity contribution in [3.05, 3.63) is 24.5 Å². The monoisotopic (exact) mass is 181 g/mol.